The Labute approximate surface area is 130 Å². The molecule has 0 atom stereocenters. The number of nitrogens with one attached hydrogen (secondary N) is 2. The summed E-state index contributed by atoms with van der Waals surface area (Å²) in [6, 6.07) is 12.1. The van der Waals surface area contributed by atoms with Gasteiger partial charge in [-0.05, 0) is 23.8 Å². The summed E-state index contributed by atoms with van der Waals surface area (Å²) in [6.45, 7) is 0.147. The van der Waals surface area contributed by atoms with Gasteiger partial charge in [-0.25, -0.2) is 4.79 Å². The fourth-order valence-corrected chi connectivity index (χ4v) is 1.91. The highest BCUT2D eigenvalue weighted by Crippen LogP contribution is 2.19. The number of carbonyl (C=O) groups is 2. The molecule has 0 radical (unpaired) electrons. The van der Waals surface area contributed by atoms with Crippen molar-refractivity contribution in [1.82, 2.24) is 5.32 Å². The van der Waals surface area contributed by atoms with E-state index >= 15 is 0 Å². The maximum absolute atomic E-state index is 12.1. The Kier molecular flexibility index (Phi) is 4.88. The average molecular weight is 315 g/mol. The second-order valence-electron chi connectivity index (χ2n) is 4.58. The minimum Gasteiger partial charge on any atom is -0.465 e. The molecule has 0 aliphatic heterocycles. The molecular formula is C15H13N3O5. The summed E-state index contributed by atoms with van der Waals surface area (Å²) in [5.74, 6) is -0.589. The van der Waals surface area contributed by atoms with Crippen LogP contribution in [0.2, 0.25) is 0 Å². The number of nitro benzene ring substituents is 1. The number of nitrogens with zero attached hydrogens (tertiary/aromatic N) is 1. The van der Waals surface area contributed by atoms with Crippen LogP contribution in [0.1, 0.15) is 15.9 Å². The van der Waals surface area contributed by atoms with Crippen molar-refractivity contribution >= 4 is 23.4 Å². The third kappa shape index (κ3) is 4.27. The maximum atomic E-state index is 12.1. The third-order valence-electron chi connectivity index (χ3n) is 3.00. The number of nitro groups is 1. The normalized spacial score (nSPS) is 9.91. The molecule has 0 fully saturated rings. The molecule has 2 aromatic rings. The van der Waals surface area contributed by atoms with Gasteiger partial charge in [0, 0.05) is 18.3 Å². The summed E-state index contributed by atoms with van der Waals surface area (Å²) in [7, 11) is 0. The molecule has 0 aliphatic rings. The van der Waals surface area contributed by atoms with Crippen LogP contribution in [0, 0.1) is 10.1 Å². The summed E-state index contributed by atoms with van der Waals surface area (Å²) in [5.41, 5.74) is 0.865. The van der Waals surface area contributed by atoms with E-state index in [0.717, 1.165) is 5.56 Å². The number of hydrogen-bond donors (Lipinski definition) is 3. The molecule has 0 aliphatic carbocycles. The van der Waals surface area contributed by atoms with E-state index in [-0.39, 0.29) is 17.8 Å². The van der Waals surface area contributed by atoms with E-state index in [4.69, 9.17) is 5.11 Å². The topological polar surface area (TPSA) is 122 Å². The lowest BCUT2D eigenvalue weighted by Crippen LogP contribution is -2.19. The lowest BCUT2D eigenvalue weighted by atomic mass is 10.1. The van der Waals surface area contributed by atoms with E-state index in [2.05, 4.69) is 10.6 Å². The zero-order valence-electron chi connectivity index (χ0n) is 11.9. The highest BCUT2D eigenvalue weighted by Gasteiger charge is 2.19. The monoisotopic (exact) mass is 315 g/mol. The number of amides is 2. The lowest BCUT2D eigenvalue weighted by molar-refractivity contribution is -0.385. The minimum atomic E-state index is -1.13. The average Bonchev–Trinajstić information content (AvgIpc) is 2.54. The fraction of sp³-hybridized carbons (Fsp3) is 0.0667. The van der Waals surface area contributed by atoms with Crippen LogP contribution in [0.25, 0.3) is 0 Å². The van der Waals surface area contributed by atoms with Crippen molar-refractivity contribution in [3.63, 3.8) is 0 Å². The SMILES string of the molecule is O=C(O)NCc1ccc(NC(=O)c2ccccc2[N+](=O)[O-])cc1. The zero-order chi connectivity index (χ0) is 16.8. The third-order valence-corrected chi connectivity index (χ3v) is 3.00. The van der Waals surface area contributed by atoms with Gasteiger partial charge in [0.05, 0.1) is 4.92 Å². The first-order valence-electron chi connectivity index (χ1n) is 6.58. The molecule has 23 heavy (non-hydrogen) atoms. The molecule has 2 amide bonds. The predicted octanol–water partition coefficient (Wildman–Crippen LogP) is 2.61. The first kappa shape index (κ1) is 16.0. The summed E-state index contributed by atoms with van der Waals surface area (Å²) >= 11 is 0. The van der Waals surface area contributed by atoms with Crippen LogP contribution in [0.4, 0.5) is 16.2 Å². The van der Waals surface area contributed by atoms with E-state index in [0.29, 0.717) is 5.69 Å². The molecule has 0 aromatic heterocycles. The Hall–Kier alpha value is -3.42. The number of carboxylic acid groups (broad SMARTS) is 1. The van der Waals surface area contributed by atoms with Crippen LogP contribution >= 0.6 is 0 Å². The number of para-hydroxylation sites is 1. The van der Waals surface area contributed by atoms with Gasteiger partial charge in [0.15, 0.2) is 0 Å². The van der Waals surface area contributed by atoms with Gasteiger partial charge in [0.2, 0.25) is 0 Å². The number of carbonyl (C=O) groups excluding carboxylic acids is 1. The second-order valence-corrected chi connectivity index (χ2v) is 4.58. The van der Waals surface area contributed by atoms with Gasteiger partial charge in [0.25, 0.3) is 11.6 Å². The largest absolute Gasteiger partial charge is 0.465 e. The molecule has 3 N–H and O–H groups in total. The van der Waals surface area contributed by atoms with Gasteiger partial charge in [0.1, 0.15) is 5.56 Å². The van der Waals surface area contributed by atoms with Gasteiger partial charge in [-0.2, -0.15) is 0 Å². The van der Waals surface area contributed by atoms with Gasteiger partial charge in [-0.1, -0.05) is 24.3 Å². The maximum Gasteiger partial charge on any atom is 0.404 e. The van der Waals surface area contributed by atoms with Crippen molar-refractivity contribution in [2.45, 2.75) is 6.54 Å². The zero-order valence-corrected chi connectivity index (χ0v) is 11.9. The summed E-state index contributed by atoms with van der Waals surface area (Å²) in [5, 5.41) is 24.2. The molecular weight excluding hydrogens is 302 g/mol. The number of hydrogen-bond acceptors (Lipinski definition) is 4. The summed E-state index contributed by atoms with van der Waals surface area (Å²) in [4.78, 5) is 32.8. The Morgan fingerprint density at radius 1 is 1.09 bits per heavy atom. The van der Waals surface area contributed by atoms with Crippen molar-refractivity contribution in [3.05, 3.63) is 69.8 Å². The molecule has 8 nitrogen and oxygen atoms in total. The van der Waals surface area contributed by atoms with Crippen molar-refractivity contribution in [2.75, 3.05) is 5.32 Å². The number of rotatable bonds is 5. The molecule has 118 valence electrons. The van der Waals surface area contributed by atoms with Crippen molar-refractivity contribution < 1.29 is 19.6 Å². The molecule has 0 heterocycles. The second kappa shape index (κ2) is 7.03. The molecule has 0 saturated carbocycles. The predicted molar refractivity (Wildman–Crippen MR) is 82.4 cm³/mol. The van der Waals surface area contributed by atoms with Crippen LogP contribution < -0.4 is 10.6 Å². The quantitative estimate of drug-likeness (QED) is 0.578. The Morgan fingerprint density at radius 2 is 1.74 bits per heavy atom. The van der Waals surface area contributed by atoms with Gasteiger partial charge >= 0.3 is 6.09 Å². The van der Waals surface area contributed by atoms with Crippen molar-refractivity contribution in [3.8, 4) is 0 Å². The van der Waals surface area contributed by atoms with Crippen LogP contribution in [0.3, 0.4) is 0 Å². The molecule has 0 bridgehead atoms. The highest BCUT2D eigenvalue weighted by molar-refractivity contribution is 6.07. The summed E-state index contributed by atoms with van der Waals surface area (Å²) in [6.07, 6.45) is -1.13. The Balaban J connectivity index is 2.09. The van der Waals surface area contributed by atoms with Crippen LogP contribution in [-0.4, -0.2) is 22.0 Å². The first-order valence-corrected chi connectivity index (χ1v) is 6.58. The van der Waals surface area contributed by atoms with Crippen molar-refractivity contribution in [1.29, 1.82) is 0 Å². The van der Waals surface area contributed by atoms with Gasteiger partial charge in [-0.3, -0.25) is 14.9 Å². The fourth-order valence-electron chi connectivity index (χ4n) is 1.91. The summed E-state index contributed by atoms with van der Waals surface area (Å²) < 4.78 is 0. The van der Waals surface area contributed by atoms with Gasteiger partial charge in [-0.15, -0.1) is 0 Å². The van der Waals surface area contributed by atoms with Gasteiger partial charge < -0.3 is 15.7 Å². The number of benzene rings is 2. The lowest BCUT2D eigenvalue weighted by Gasteiger charge is -2.07. The standard InChI is InChI=1S/C15H13N3O5/c19-14(12-3-1-2-4-13(12)18(22)23)17-11-7-5-10(6-8-11)9-16-15(20)21/h1-8,16H,9H2,(H,17,19)(H,20,21). The van der Waals surface area contributed by atoms with E-state index < -0.39 is 16.9 Å². The Bertz CT molecular complexity index is 743. The van der Waals surface area contributed by atoms with E-state index in [1.54, 1.807) is 30.3 Å². The van der Waals surface area contributed by atoms with Crippen LogP contribution in [0.15, 0.2) is 48.5 Å². The highest BCUT2D eigenvalue weighted by atomic mass is 16.6. The molecule has 8 heteroatoms. The number of anilines is 1. The minimum absolute atomic E-state index is 0.0332. The Morgan fingerprint density at radius 3 is 2.35 bits per heavy atom. The first-order chi connectivity index (χ1) is 11.0. The molecule has 0 saturated heterocycles. The molecule has 2 rings (SSSR count). The van der Waals surface area contributed by atoms with E-state index in [1.807, 2.05) is 0 Å². The molecule has 2 aromatic carbocycles. The van der Waals surface area contributed by atoms with Crippen molar-refractivity contribution in [2.24, 2.45) is 0 Å². The van der Waals surface area contributed by atoms with Crippen LogP contribution in [-0.2, 0) is 6.54 Å². The van der Waals surface area contributed by atoms with E-state index in [1.165, 1.54) is 18.2 Å². The molecule has 0 spiro atoms. The molecule has 0 unspecified atom stereocenters. The van der Waals surface area contributed by atoms with E-state index in [9.17, 15) is 19.7 Å². The van der Waals surface area contributed by atoms with Crippen LogP contribution in [0.5, 0.6) is 0 Å². The smallest absolute Gasteiger partial charge is 0.404 e.